The topological polar surface area (TPSA) is 54.5 Å². The van der Waals surface area contributed by atoms with Gasteiger partial charge in [0, 0.05) is 18.8 Å². The van der Waals surface area contributed by atoms with Gasteiger partial charge < -0.3 is 4.90 Å². The summed E-state index contributed by atoms with van der Waals surface area (Å²) in [6, 6.07) is 6.32. The number of amides is 1. The molecule has 0 N–H and O–H groups in total. The molecule has 0 heterocycles. The number of carbonyl (C=O) groups excluding carboxylic acids is 1. The molecule has 21 heavy (non-hydrogen) atoms. The van der Waals surface area contributed by atoms with Crippen LogP contribution in [0.2, 0.25) is 0 Å². The van der Waals surface area contributed by atoms with E-state index in [1.54, 1.807) is 4.90 Å². The van der Waals surface area contributed by atoms with Gasteiger partial charge in [-0.05, 0) is 50.3 Å². The van der Waals surface area contributed by atoms with Crippen LogP contribution >= 0.6 is 0 Å². The number of carbonyl (C=O) groups is 1. The van der Waals surface area contributed by atoms with E-state index in [2.05, 4.69) is 13.0 Å². The van der Waals surface area contributed by atoms with Gasteiger partial charge in [0.2, 0.25) is 5.91 Å². The molecule has 1 aromatic rings. The Morgan fingerprint density at radius 3 is 2.38 bits per heavy atom. The first-order valence-corrected chi connectivity index (χ1v) is 9.21. The monoisotopic (exact) mass is 309 g/mol. The van der Waals surface area contributed by atoms with Gasteiger partial charge in [0.15, 0.2) is 9.84 Å². The minimum atomic E-state index is -3.35. The molecular formula is C16H23NO3S. The minimum absolute atomic E-state index is 0.198. The molecule has 1 fully saturated rings. The van der Waals surface area contributed by atoms with Crippen molar-refractivity contribution in [2.24, 2.45) is 0 Å². The molecule has 1 aliphatic carbocycles. The van der Waals surface area contributed by atoms with Gasteiger partial charge in [-0.1, -0.05) is 18.2 Å². The molecule has 116 valence electrons. The van der Waals surface area contributed by atoms with Crippen molar-refractivity contribution in [3.05, 3.63) is 34.9 Å². The highest BCUT2D eigenvalue weighted by molar-refractivity contribution is 7.92. The van der Waals surface area contributed by atoms with E-state index in [1.807, 2.05) is 19.1 Å². The van der Waals surface area contributed by atoms with E-state index in [0.29, 0.717) is 6.54 Å². The Balaban J connectivity index is 2.20. The fourth-order valence-corrected chi connectivity index (χ4v) is 2.79. The lowest BCUT2D eigenvalue weighted by Gasteiger charge is -2.25. The molecule has 0 aromatic heterocycles. The Morgan fingerprint density at radius 1 is 1.29 bits per heavy atom. The first-order valence-electron chi connectivity index (χ1n) is 7.25. The van der Waals surface area contributed by atoms with E-state index in [9.17, 15) is 13.2 Å². The first kappa shape index (κ1) is 16.0. The van der Waals surface area contributed by atoms with Crippen molar-refractivity contribution in [2.75, 3.05) is 6.26 Å². The molecule has 0 unspecified atom stereocenters. The Morgan fingerprint density at radius 2 is 1.90 bits per heavy atom. The van der Waals surface area contributed by atoms with Crippen LogP contribution < -0.4 is 0 Å². The number of benzene rings is 1. The maximum atomic E-state index is 12.5. The normalized spacial score (nSPS) is 16.6. The van der Waals surface area contributed by atoms with Crippen molar-refractivity contribution in [3.63, 3.8) is 0 Å². The summed E-state index contributed by atoms with van der Waals surface area (Å²) in [5.74, 6) is -0.279. The number of aryl methyl sites for hydroxylation is 2. The second-order valence-corrected chi connectivity index (χ2v) is 8.45. The molecule has 1 saturated carbocycles. The fourth-order valence-electron chi connectivity index (χ4n) is 2.29. The van der Waals surface area contributed by atoms with E-state index in [-0.39, 0.29) is 11.9 Å². The molecular weight excluding hydrogens is 286 g/mol. The summed E-state index contributed by atoms with van der Waals surface area (Å²) in [5.41, 5.74) is 3.46. The predicted molar refractivity (Wildman–Crippen MR) is 83.8 cm³/mol. The standard InChI is InChI=1S/C16H23NO3S/c1-11-5-6-14(9-12(11)2)10-17(15-7-8-15)16(18)13(3)21(4,19)20/h5-6,9,13,15H,7-8,10H2,1-4H3/t13-/m0/s1. The maximum absolute atomic E-state index is 12.5. The van der Waals surface area contributed by atoms with Gasteiger partial charge in [-0.15, -0.1) is 0 Å². The van der Waals surface area contributed by atoms with Crippen LogP contribution in [0.15, 0.2) is 18.2 Å². The highest BCUT2D eigenvalue weighted by atomic mass is 32.2. The minimum Gasteiger partial charge on any atom is -0.334 e. The SMILES string of the molecule is Cc1ccc(CN(C(=O)[C@H](C)S(C)(=O)=O)C2CC2)cc1C. The third-order valence-corrected chi connectivity index (χ3v) is 5.67. The van der Waals surface area contributed by atoms with Crippen molar-refractivity contribution >= 4 is 15.7 Å². The average molecular weight is 309 g/mol. The van der Waals surface area contributed by atoms with Crippen LogP contribution in [-0.4, -0.2) is 36.8 Å². The van der Waals surface area contributed by atoms with Crippen LogP contribution in [0, 0.1) is 13.8 Å². The van der Waals surface area contributed by atoms with Crippen LogP contribution in [0.1, 0.15) is 36.5 Å². The summed E-state index contributed by atoms with van der Waals surface area (Å²) in [4.78, 5) is 14.2. The average Bonchev–Trinajstić information content (AvgIpc) is 3.21. The first-order chi connectivity index (χ1) is 9.70. The van der Waals surface area contributed by atoms with Crippen molar-refractivity contribution < 1.29 is 13.2 Å². The van der Waals surface area contributed by atoms with Gasteiger partial charge in [-0.25, -0.2) is 8.42 Å². The van der Waals surface area contributed by atoms with Gasteiger partial charge in [0.25, 0.3) is 0 Å². The Kier molecular flexibility index (Phi) is 4.42. The molecule has 4 nitrogen and oxygen atoms in total. The largest absolute Gasteiger partial charge is 0.334 e. The molecule has 1 aliphatic rings. The molecule has 0 bridgehead atoms. The lowest BCUT2D eigenvalue weighted by atomic mass is 10.1. The molecule has 0 aliphatic heterocycles. The predicted octanol–water partition coefficient (Wildman–Crippen LogP) is 2.23. The second kappa shape index (κ2) is 5.79. The highest BCUT2D eigenvalue weighted by Crippen LogP contribution is 2.30. The third-order valence-electron chi connectivity index (χ3n) is 4.18. The van der Waals surface area contributed by atoms with Gasteiger partial charge in [0.1, 0.15) is 5.25 Å². The number of sulfone groups is 1. The Hall–Kier alpha value is -1.36. The number of hydrogen-bond acceptors (Lipinski definition) is 3. The summed E-state index contributed by atoms with van der Waals surface area (Å²) in [5, 5.41) is -0.968. The Bertz CT molecular complexity index is 647. The van der Waals surface area contributed by atoms with Gasteiger partial charge in [-0.3, -0.25) is 4.79 Å². The van der Waals surface area contributed by atoms with E-state index in [4.69, 9.17) is 0 Å². The molecule has 2 rings (SSSR count). The molecule has 1 amide bonds. The number of nitrogens with zero attached hydrogens (tertiary/aromatic N) is 1. The van der Waals surface area contributed by atoms with Gasteiger partial charge >= 0.3 is 0 Å². The van der Waals surface area contributed by atoms with Crippen molar-refractivity contribution in [1.29, 1.82) is 0 Å². The summed E-state index contributed by atoms with van der Waals surface area (Å²) < 4.78 is 23.2. The van der Waals surface area contributed by atoms with Crippen LogP contribution in [0.4, 0.5) is 0 Å². The van der Waals surface area contributed by atoms with Crippen LogP contribution in [0.3, 0.4) is 0 Å². The van der Waals surface area contributed by atoms with Crippen LogP contribution in [0.5, 0.6) is 0 Å². The zero-order chi connectivity index (χ0) is 15.8. The zero-order valence-electron chi connectivity index (χ0n) is 13.1. The lowest BCUT2D eigenvalue weighted by Crippen LogP contribution is -2.42. The molecule has 0 saturated heterocycles. The summed E-state index contributed by atoms with van der Waals surface area (Å²) in [6.07, 6.45) is 3.05. The molecule has 1 aromatic carbocycles. The van der Waals surface area contributed by atoms with Gasteiger partial charge in [0.05, 0.1) is 0 Å². The van der Waals surface area contributed by atoms with Crippen molar-refractivity contribution in [3.8, 4) is 0 Å². The summed E-state index contributed by atoms with van der Waals surface area (Å²) in [7, 11) is -3.35. The fraction of sp³-hybridized carbons (Fsp3) is 0.562. The third kappa shape index (κ3) is 3.84. The van der Waals surface area contributed by atoms with E-state index in [1.165, 1.54) is 18.1 Å². The number of rotatable bonds is 5. The lowest BCUT2D eigenvalue weighted by molar-refractivity contribution is -0.131. The van der Waals surface area contributed by atoms with Crippen LogP contribution in [0.25, 0.3) is 0 Å². The highest BCUT2D eigenvalue weighted by Gasteiger charge is 2.37. The van der Waals surface area contributed by atoms with Crippen molar-refractivity contribution in [1.82, 2.24) is 4.90 Å². The number of hydrogen-bond donors (Lipinski definition) is 0. The molecule has 0 spiro atoms. The van der Waals surface area contributed by atoms with Gasteiger partial charge in [-0.2, -0.15) is 0 Å². The summed E-state index contributed by atoms with van der Waals surface area (Å²) >= 11 is 0. The zero-order valence-corrected chi connectivity index (χ0v) is 13.9. The van der Waals surface area contributed by atoms with E-state index < -0.39 is 15.1 Å². The second-order valence-electron chi connectivity index (χ2n) is 6.09. The molecule has 1 atom stereocenters. The van der Waals surface area contributed by atoms with Crippen molar-refractivity contribution in [2.45, 2.75) is 51.4 Å². The Labute approximate surface area is 127 Å². The van der Waals surface area contributed by atoms with E-state index in [0.717, 1.165) is 24.7 Å². The smallest absolute Gasteiger partial charge is 0.241 e. The molecule has 0 radical (unpaired) electrons. The maximum Gasteiger partial charge on any atom is 0.241 e. The molecule has 5 heteroatoms. The quantitative estimate of drug-likeness (QED) is 0.838. The van der Waals surface area contributed by atoms with E-state index >= 15 is 0 Å². The van der Waals surface area contributed by atoms with Crippen LogP contribution in [-0.2, 0) is 21.2 Å². The summed E-state index contributed by atoms with van der Waals surface area (Å²) in [6.45, 7) is 6.06.